The first-order valence-corrected chi connectivity index (χ1v) is 6.76. The van der Waals surface area contributed by atoms with Crippen molar-refractivity contribution >= 4 is 9.84 Å². The van der Waals surface area contributed by atoms with Crippen molar-refractivity contribution in [3.8, 4) is 0 Å². The summed E-state index contributed by atoms with van der Waals surface area (Å²) in [5.41, 5.74) is 6.04. The van der Waals surface area contributed by atoms with Gasteiger partial charge in [-0.1, -0.05) is 6.92 Å². The first-order valence-electron chi connectivity index (χ1n) is 5.11. The number of nitrogens with two attached hydrogens (primary N) is 1. The lowest BCUT2D eigenvalue weighted by molar-refractivity contribution is 0.582. The molecule has 90 valence electrons. The van der Waals surface area contributed by atoms with Gasteiger partial charge < -0.3 is 5.73 Å². The third-order valence-electron chi connectivity index (χ3n) is 2.43. The summed E-state index contributed by atoms with van der Waals surface area (Å²) in [6.45, 7) is 3.41. The van der Waals surface area contributed by atoms with Gasteiger partial charge in [-0.15, -0.1) is 0 Å². The standard InChI is InChI=1S/C11H16FNO2S/c1-3-10(13)7-16(14,15)11-5-4-9(12)6-8(11)2/h4-6,10H,3,7,13H2,1-2H3. The van der Waals surface area contributed by atoms with E-state index in [1.807, 2.05) is 6.92 Å². The molecule has 0 aliphatic heterocycles. The number of sulfone groups is 1. The molecule has 0 amide bonds. The van der Waals surface area contributed by atoms with Crippen molar-refractivity contribution in [2.45, 2.75) is 31.2 Å². The topological polar surface area (TPSA) is 60.2 Å². The van der Waals surface area contributed by atoms with E-state index in [-0.39, 0.29) is 16.7 Å². The Hall–Kier alpha value is -0.940. The van der Waals surface area contributed by atoms with Crippen LogP contribution in [0.5, 0.6) is 0 Å². The first-order chi connectivity index (χ1) is 7.36. The zero-order valence-corrected chi connectivity index (χ0v) is 10.2. The minimum Gasteiger partial charge on any atom is -0.327 e. The molecule has 1 unspecified atom stereocenters. The molecule has 1 atom stereocenters. The summed E-state index contributed by atoms with van der Waals surface area (Å²) in [5, 5.41) is 0. The van der Waals surface area contributed by atoms with Crippen LogP contribution in [0.3, 0.4) is 0 Å². The van der Waals surface area contributed by atoms with E-state index in [4.69, 9.17) is 5.73 Å². The Morgan fingerprint density at radius 1 is 1.44 bits per heavy atom. The lowest BCUT2D eigenvalue weighted by Gasteiger charge is -2.11. The van der Waals surface area contributed by atoms with Crippen LogP contribution < -0.4 is 5.73 Å². The highest BCUT2D eigenvalue weighted by atomic mass is 32.2. The monoisotopic (exact) mass is 245 g/mol. The van der Waals surface area contributed by atoms with Gasteiger partial charge in [0, 0.05) is 6.04 Å². The predicted octanol–water partition coefficient (Wildman–Crippen LogP) is 1.65. The van der Waals surface area contributed by atoms with Crippen molar-refractivity contribution in [2.24, 2.45) is 5.73 Å². The van der Waals surface area contributed by atoms with Gasteiger partial charge in [-0.2, -0.15) is 0 Å². The van der Waals surface area contributed by atoms with Gasteiger partial charge in [0.05, 0.1) is 10.6 Å². The predicted molar refractivity (Wildman–Crippen MR) is 61.5 cm³/mol. The minimum atomic E-state index is -3.41. The zero-order valence-electron chi connectivity index (χ0n) is 9.40. The van der Waals surface area contributed by atoms with Gasteiger partial charge >= 0.3 is 0 Å². The maximum atomic E-state index is 12.8. The molecule has 0 aliphatic carbocycles. The molecule has 0 heterocycles. The van der Waals surface area contributed by atoms with Crippen molar-refractivity contribution in [1.29, 1.82) is 0 Å². The van der Waals surface area contributed by atoms with Gasteiger partial charge in [0.15, 0.2) is 9.84 Å². The van der Waals surface area contributed by atoms with E-state index in [0.29, 0.717) is 12.0 Å². The summed E-state index contributed by atoms with van der Waals surface area (Å²) in [7, 11) is -3.41. The largest absolute Gasteiger partial charge is 0.327 e. The summed E-state index contributed by atoms with van der Waals surface area (Å²) in [5.74, 6) is -0.535. The van der Waals surface area contributed by atoms with Gasteiger partial charge in [-0.05, 0) is 37.1 Å². The smallest absolute Gasteiger partial charge is 0.180 e. The quantitative estimate of drug-likeness (QED) is 0.820. The maximum absolute atomic E-state index is 12.8. The van der Waals surface area contributed by atoms with Crippen LogP contribution in [-0.2, 0) is 9.84 Å². The third kappa shape index (κ3) is 3.02. The van der Waals surface area contributed by atoms with Gasteiger partial charge in [0.2, 0.25) is 0 Å². The molecule has 16 heavy (non-hydrogen) atoms. The molecule has 0 spiro atoms. The van der Waals surface area contributed by atoms with E-state index in [1.165, 1.54) is 12.1 Å². The number of hydrogen-bond acceptors (Lipinski definition) is 3. The molecule has 1 aromatic rings. The highest BCUT2D eigenvalue weighted by Gasteiger charge is 2.20. The second kappa shape index (κ2) is 4.93. The molecule has 2 N–H and O–H groups in total. The van der Waals surface area contributed by atoms with Crippen LogP contribution in [0.15, 0.2) is 23.1 Å². The van der Waals surface area contributed by atoms with E-state index in [0.717, 1.165) is 6.07 Å². The molecule has 1 aromatic carbocycles. The van der Waals surface area contributed by atoms with Crippen molar-refractivity contribution < 1.29 is 12.8 Å². The molecule has 0 saturated heterocycles. The lowest BCUT2D eigenvalue weighted by atomic mass is 10.2. The average Bonchev–Trinajstić information content (AvgIpc) is 2.16. The van der Waals surface area contributed by atoms with E-state index >= 15 is 0 Å². The van der Waals surface area contributed by atoms with E-state index < -0.39 is 15.7 Å². The van der Waals surface area contributed by atoms with E-state index in [9.17, 15) is 12.8 Å². The van der Waals surface area contributed by atoms with Crippen LogP contribution in [0.4, 0.5) is 4.39 Å². The average molecular weight is 245 g/mol. The second-order valence-electron chi connectivity index (χ2n) is 3.86. The van der Waals surface area contributed by atoms with Crippen molar-refractivity contribution in [1.82, 2.24) is 0 Å². The Bertz CT molecular complexity index is 471. The molecule has 0 aromatic heterocycles. The summed E-state index contributed by atoms with van der Waals surface area (Å²) in [6, 6.07) is 3.28. The van der Waals surface area contributed by atoms with Crippen LogP contribution >= 0.6 is 0 Å². The van der Waals surface area contributed by atoms with Crippen molar-refractivity contribution in [3.63, 3.8) is 0 Å². The second-order valence-corrected chi connectivity index (χ2v) is 5.86. The molecule has 0 aliphatic rings. The Morgan fingerprint density at radius 3 is 2.56 bits per heavy atom. The molecule has 0 bridgehead atoms. The van der Waals surface area contributed by atoms with Crippen LogP contribution in [0.1, 0.15) is 18.9 Å². The summed E-state index contributed by atoms with van der Waals surface area (Å²) in [4.78, 5) is 0.165. The highest BCUT2D eigenvalue weighted by Crippen LogP contribution is 2.18. The van der Waals surface area contributed by atoms with Crippen LogP contribution in [-0.4, -0.2) is 20.2 Å². The summed E-state index contributed by atoms with van der Waals surface area (Å²) < 4.78 is 36.7. The summed E-state index contributed by atoms with van der Waals surface area (Å²) >= 11 is 0. The molecule has 0 radical (unpaired) electrons. The molecule has 0 saturated carbocycles. The molecule has 1 rings (SSSR count). The highest BCUT2D eigenvalue weighted by molar-refractivity contribution is 7.91. The Labute approximate surface area is 95.4 Å². The number of halogens is 1. The first kappa shape index (κ1) is 13.1. The Kier molecular flexibility index (Phi) is 4.04. The lowest BCUT2D eigenvalue weighted by Crippen LogP contribution is -2.29. The van der Waals surface area contributed by atoms with E-state index in [2.05, 4.69) is 0 Å². The minimum absolute atomic E-state index is 0.101. The van der Waals surface area contributed by atoms with Crippen molar-refractivity contribution in [2.75, 3.05) is 5.75 Å². The Balaban J connectivity index is 3.08. The molecule has 0 fully saturated rings. The SMILES string of the molecule is CCC(N)CS(=O)(=O)c1ccc(F)cc1C. The molecular weight excluding hydrogens is 229 g/mol. The molecule has 3 nitrogen and oxygen atoms in total. The molecule has 5 heteroatoms. The van der Waals surface area contributed by atoms with Gasteiger partial charge in [-0.3, -0.25) is 0 Å². The number of benzene rings is 1. The van der Waals surface area contributed by atoms with Crippen LogP contribution in [0, 0.1) is 12.7 Å². The van der Waals surface area contributed by atoms with Crippen LogP contribution in [0.25, 0.3) is 0 Å². The fourth-order valence-corrected chi connectivity index (χ4v) is 3.26. The fraction of sp³-hybridized carbons (Fsp3) is 0.455. The fourth-order valence-electron chi connectivity index (χ4n) is 1.45. The normalized spacial score (nSPS) is 13.8. The van der Waals surface area contributed by atoms with Crippen LogP contribution in [0.2, 0.25) is 0 Å². The van der Waals surface area contributed by atoms with E-state index in [1.54, 1.807) is 6.92 Å². The van der Waals surface area contributed by atoms with Gasteiger partial charge in [-0.25, -0.2) is 12.8 Å². The number of hydrogen-bond donors (Lipinski definition) is 1. The Morgan fingerprint density at radius 2 is 2.06 bits per heavy atom. The molecular formula is C11H16FNO2S. The van der Waals surface area contributed by atoms with Gasteiger partial charge in [0.1, 0.15) is 5.82 Å². The summed E-state index contributed by atoms with van der Waals surface area (Å²) in [6.07, 6.45) is 0.597. The zero-order chi connectivity index (χ0) is 12.3. The van der Waals surface area contributed by atoms with Gasteiger partial charge in [0.25, 0.3) is 0 Å². The van der Waals surface area contributed by atoms with Crippen molar-refractivity contribution in [3.05, 3.63) is 29.6 Å². The number of aryl methyl sites for hydroxylation is 1. The maximum Gasteiger partial charge on any atom is 0.180 e. The number of rotatable bonds is 4. The third-order valence-corrected chi connectivity index (χ3v) is 4.43.